The molecule has 0 radical (unpaired) electrons. The molecule has 1 aromatic heterocycles. The maximum absolute atomic E-state index is 8.62. The van der Waals surface area contributed by atoms with Crippen LogP contribution in [0.2, 0.25) is 0 Å². The van der Waals surface area contributed by atoms with E-state index in [0.29, 0.717) is 11.6 Å². The molecule has 0 amide bonds. The van der Waals surface area contributed by atoms with Crippen LogP contribution >= 0.6 is 11.3 Å². The van der Waals surface area contributed by atoms with Crippen LogP contribution < -0.4 is 4.74 Å². The van der Waals surface area contributed by atoms with Crippen molar-refractivity contribution in [3.8, 4) is 18.1 Å². The Morgan fingerprint density at radius 3 is 3.13 bits per heavy atom. The molecule has 2 aromatic rings. The molecule has 1 N–H and O–H groups in total. The van der Waals surface area contributed by atoms with Gasteiger partial charge in [-0.25, -0.2) is 4.98 Å². The number of thiazole rings is 1. The van der Waals surface area contributed by atoms with Gasteiger partial charge in [0.2, 0.25) is 0 Å². The van der Waals surface area contributed by atoms with E-state index in [2.05, 4.69) is 10.9 Å². The molecule has 0 bridgehead atoms. The molecule has 76 valence electrons. The number of fused-ring (bicyclic) bond motifs is 1. The van der Waals surface area contributed by atoms with Gasteiger partial charge in [0.25, 0.3) is 0 Å². The van der Waals surface area contributed by atoms with Crippen molar-refractivity contribution in [3.05, 3.63) is 23.2 Å². The van der Waals surface area contributed by atoms with E-state index in [0.717, 1.165) is 16.0 Å². The lowest BCUT2D eigenvalue weighted by molar-refractivity contribution is 0.201. The highest BCUT2D eigenvalue weighted by Gasteiger charge is 2.03. The van der Waals surface area contributed by atoms with E-state index in [4.69, 9.17) is 16.3 Å². The average Bonchev–Trinajstić information content (AvgIpc) is 2.68. The summed E-state index contributed by atoms with van der Waals surface area (Å²) < 4.78 is 6.28. The summed E-state index contributed by atoms with van der Waals surface area (Å²) in [6.45, 7) is 0.308. The quantitative estimate of drug-likeness (QED) is 0.798. The van der Waals surface area contributed by atoms with Gasteiger partial charge in [0.1, 0.15) is 12.4 Å². The topological polar surface area (TPSA) is 42.4 Å². The van der Waals surface area contributed by atoms with Crippen molar-refractivity contribution in [1.29, 1.82) is 0 Å². The number of terminal acetylenes is 1. The normalized spacial score (nSPS) is 10.1. The second kappa shape index (κ2) is 4.30. The SMILES string of the molecule is C#Cc1nc2ccc(OCCO)cc2s1. The lowest BCUT2D eigenvalue weighted by atomic mass is 10.3. The third kappa shape index (κ3) is 2.09. The number of rotatable bonds is 3. The first-order valence-corrected chi connectivity index (χ1v) is 5.26. The maximum Gasteiger partial charge on any atom is 0.167 e. The number of ether oxygens (including phenoxy) is 1. The fourth-order valence-corrected chi connectivity index (χ4v) is 2.02. The van der Waals surface area contributed by atoms with Crippen LogP contribution in [0.25, 0.3) is 10.2 Å². The molecule has 0 aliphatic heterocycles. The van der Waals surface area contributed by atoms with E-state index < -0.39 is 0 Å². The van der Waals surface area contributed by atoms with Crippen molar-refractivity contribution in [1.82, 2.24) is 4.98 Å². The number of aromatic nitrogens is 1. The molecule has 0 saturated carbocycles. The molecule has 4 heteroatoms. The van der Waals surface area contributed by atoms with Gasteiger partial charge in [-0.15, -0.1) is 17.8 Å². The zero-order chi connectivity index (χ0) is 10.7. The highest BCUT2D eigenvalue weighted by molar-refractivity contribution is 7.19. The summed E-state index contributed by atoms with van der Waals surface area (Å²) in [5, 5.41) is 9.29. The number of aliphatic hydroxyl groups is 1. The average molecular weight is 219 g/mol. The van der Waals surface area contributed by atoms with Gasteiger partial charge >= 0.3 is 0 Å². The fourth-order valence-electron chi connectivity index (χ4n) is 1.22. The number of nitrogens with zero attached hydrogens (tertiary/aromatic N) is 1. The van der Waals surface area contributed by atoms with Crippen LogP contribution in [0, 0.1) is 12.3 Å². The van der Waals surface area contributed by atoms with Gasteiger partial charge in [-0.05, 0) is 24.1 Å². The van der Waals surface area contributed by atoms with Gasteiger partial charge in [0.15, 0.2) is 5.01 Å². The molecule has 0 fully saturated rings. The van der Waals surface area contributed by atoms with Crippen LogP contribution in [0.3, 0.4) is 0 Å². The lowest BCUT2D eigenvalue weighted by Gasteiger charge is -2.02. The Kier molecular flexibility index (Phi) is 2.86. The van der Waals surface area contributed by atoms with Gasteiger partial charge in [-0.1, -0.05) is 0 Å². The van der Waals surface area contributed by atoms with Gasteiger partial charge in [-0.2, -0.15) is 0 Å². The molecule has 0 spiro atoms. The Morgan fingerprint density at radius 2 is 2.40 bits per heavy atom. The van der Waals surface area contributed by atoms with Crippen molar-refractivity contribution in [2.45, 2.75) is 0 Å². The van der Waals surface area contributed by atoms with Crippen LogP contribution in [-0.4, -0.2) is 23.3 Å². The first-order chi connectivity index (χ1) is 7.33. The number of benzene rings is 1. The zero-order valence-electron chi connectivity index (χ0n) is 7.93. The summed E-state index contributed by atoms with van der Waals surface area (Å²) in [7, 11) is 0. The van der Waals surface area contributed by atoms with Gasteiger partial charge in [0.05, 0.1) is 16.8 Å². The molecule has 0 aliphatic carbocycles. The molecule has 2 rings (SSSR count). The smallest absolute Gasteiger partial charge is 0.167 e. The van der Waals surface area contributed by atoms with Crippen molar-refractivity contribution in [2.24, 2.45) is 0 Å². The van der Waals surface area contributed by atoms with E-state index in [1.807, 2.05) is 18.2 Å². The van der Waals surface area contributed by atoms with Crippen LogP contribution in [0.4, 0.5) is 0 Å². The Bertz CT molecular complexity index is 513. The Labute approximate surface area is 91.3 Å². The van der Waals surface area contributed by atoms with E-state index in [1.165, 1.54) is 11.3 Å². The number of aliphatic hydroxyl groups excluding tert-OH is 1. The van der Waals surface area contributed by atoms with Crippen molar-refractivity contribution < 1.29 is 9.84 Å². The van der Waals surface area contributed by atoms with Crippen LogP contribution in [0.15, 0.2) is 18.2 Å². The van der Waals surface area contributed by atoms with Crippen LogP contribution in [0.5, 0.6) is 5.75 Å². The Balaban J connectivity index is 2.34. The monoisotopic (exact) mass is 219 g/mol. The fraction of sp³-hybridized carbons (Fsp3) is 0.182. The predicted octanol–water partition coefficient (Wildman–Crippen LogP) is 1.65. The highest BCUT2D eigenvalue weighted by atomic mass is 32.1. The Hall–Kier alpha value is -1.57. The molecule has 15 heavy (non-hydrogen) atoms. The van der Waals surface area contributed by atoms with Crippen molar-refractivity contribution >= 4 is 21.6 Å². The largest absolute Gasteiger partial charge is 0.491 e. The second-order valence-corrected chi connectivity index (χ2v) is 3.90. The summed E-state index contributed by atoms with van der Waals surface area (Å²) in [6, 6.07) is 5.56. The van der Waals surface area contributed by atoms with Crippen LogP contribution in [-0.2, 0) is 0 Å². The first kappa shape index (κ1) is 9.97. The third-order valence-corrected chi connectivity index (χ3v) is 2.79. The van der Waals surface area contributed by atoms with E-state index in [-0.39, 0.29) is 6.61 Å². The highest BCUT2D eigenvalue weighted by Crippen LogP contribution is 2.25. The summed E-state index contributed by atoms with van der Waals surface area (Å²) in [4.78, 5) is 4.23. The molecule has 1 aromatic carbocycles. The predicted molar refractivity (Wildman–Crippen MR) is 60.1 cm³/mol. The minimum absolute atomic E-state index is 0.0103. The zero-order valence-corrected chi connectivity index (χ0v) is 8.75. The number of hydrogen-bond acceptors (Lipinski definition) is 4. The van der Waals surface area contributed by atoms with Crippen molar-refractivity contribution in [2.75, 3.05) is 13.2 Å². The summed E-state index contributed by atoms with van der Waals surface area (Å²) in [5.41, 5.74) is 0.879. The molecule has 0 aliphatic rings. The second-order valence-electron chi connectivity index (χ2n) is 2.86. The van der Waals surface area contributed by atoms with Crippen LogP contribution in [0.1, 0.15) is 5.01 Å². The molecular weight excluding hydrogens is 210 g/mol. The lowest BCUT2D eigenvalue weighted by Crippen LogP contribution is -2.00. The third-order valence-electron chi connectivity index (χ3n) is 1.84. The first-order valence-electron chi connectivity index (χ1n) is 4.44. The van der Waals surface area contributed by atoms with Gasteiger partial charge in [0, 0.05) is 0 Å². The molecule has 0 saturated heterocycles. The molecule has 0 unspecified atom stereocenters. The number of hydrogen-bond donors (Lipinski definition) is 1. The Morgan fingerprint density at radius 1 is 1.53 bits per heavy atom. The molecular formula is C11H9NO2S. The minimum atomic E-state index is 0.0103. The van der Waals surface area contributed by atoms with Crippen molar-refractivity contribution in [3.63, 3.8) is 0 Å². The summed E-state index contributed by atoms with van der Waals surface area (Å²) >= 11 is 1.46. The minimum Gasteiger partial charge on any atom is -0.491 e. The maximum atomic E-state index is 8.62. The standard InChI is InChI=1S/C11H9NO2S/c1-2-11-12-9-4-3-8(14-6-5-13)7-10(9)15-11/h1,3-4,7,13H,5-6H2. The molecule has 3 nitrogen and oxygen atoms in total. The summed E-state index contributed by atoms with van der Waals surface area (Å²) in [5.74, 6) is 3.23. The van der Waals surface area contributed by atoms with Gasteiger partial charge in [-0.3, -0.25) is 0 Å². The molecule has 1 heterocycles. The van der Waals surface area contributed by atoms with E-state index in [9.17, 15) is 0 Å². The van der Waals surface area contributed by atoms with E-state index in [1.54, 1.807) is 0 Å². The summed E-state index contributed by atoms with van der Waals surface area (Å²) in [6.07, 6.45) is 5.27. The van der Waals surface area contributed by atoms with Gasteiger partial charge < -0.3 is 9.84 Å². The van der Waals surface area contributed by atoms with E-state index >= 15 is 0 Å². The molecule has 0 atom stereocenters.